The fourth-order valence-corrected chi connectivity index (χ4v) is 0.906. The first-order chi connectivity index (χ1) is 4.88. The predicted molar refractivity (Wildman–Crippen MR) is 36.8 cm³/mol. The largest absolute Gasteiger partial charge is 0.365 e. The molecule has 1 N–H and O–H groups in total. The topological polar surface area (TPSA) is 46.0 Å². The Hall–Kier alpha value is -1.51. The van der Waals surface area contributed by atoms with Crippen LogP contribution in [-0.2, 0) is 0 Å². The Morgan fingerprint density at radius 2 is 2.10 bits per heavy atom. The van der Waals surface area contributed by atoms with E-state index in [-0.39, 0.29) is 5.63 Å². The zero-order chi connectivity index (χ0) is 6.97. The van der Waals surface area contributed by atoms with Crippen molar-refractivity contribution in [1.29, 1.82) is 0 Å². The summed E-state index contributed by atoms with van der Waals surface area (Å²) in [7, 11) is 0. The molecule has 0 atom stereocenters. The van der Waals surface area contributed by atoms with Crippen LogP contribution < -0.4 is 5.63 Å². The maximum Gasteiger partial charge on any atom is 0.365 e. The van der Waals surface area contributed by atoms with Crippen LogP contribution in [0.1, 0.15) is 0 Å². The third kappa shape index (κ3) is 0.572. The number of aromatic amines is 1. The van der Waals surface area contributed by atoms with E-state index >= 15 is 0 Å². The van der Waals surface area contributed by atoms with Gasteiger partial charge in [0, 0.05) is 0 Å². The summed E-state index contributed by atoms with van der Waals surface area (Å²) in [4.78, 5) is 10.8. The second-order valence-corrected chi connectivity index (χ2v) is 2.04. The van der Waals surface area contributed by atoms with Crippen LogP contribution in [0.15, 0.2) is 33.6 Å². The Bertz CT molecular complexity index is 399. The number of nitrogens with one attached hydrogen (secondary N) is 1. The summed E-state index contributed by atoms with van der Waals surface area (Å²) in [6.45, 7) is 0. The smallest absolute Gasteiger partial charge is 0.338 e. The third-order valence-corrected chi connectivity index (χ3v) is 1.40. The molecular formula is C7H5NO2. The van der Waals surface area contributed by atoms with Crippen molar-refractivity contribution in [2.75, 3.05) is 0 Å². The van der Waals surface area contributed by atoms with Crippen LogP contribution in [0, 0.1) is 0 Å². The lowest BCUT2D eigenvalue weighted by atomic mass is 10.3. The Balaban J connectivity index is 3.07. The summed E-state index contributed by atoms with van der Waals surface area (Å²) in [6.07, 6.45) is 0. The fraction of sp³-hybridized carbons (Fsp3) is 0. The minimum Gasteiger partial charge on any atom is -0.338 e. The Kier molecular flexibility index (Phi) is 0.917. The van der Waals surface area contributed by atoms with Crippen LogP contribution in [0.25, 0.3) is 10.9 Å². The molecule has 10 heavy (non-hydrogen) atoms. The standard InChI is InChI=1S/C7H5NO2/c9-7-5-3-1-2-4-6(5)8-10-7/h1-4,8H. The molecule has 2 aromatic rings. The van der Waals surface area contributed by atoms with E-state index < -0.39 is 0 Å². The molecule has 0 saturated carbocycles. The van der Waals surface area contributed by atoms with E-state index in [0.29, 0.717) is 5.39 Å². The molecule has 1 aromatic heterocycles. The van der Waals surface area contributed by atoms with E-state index in [9.17, 15) is 4.79 Å². The molecule has 0 amide bonds. The predicted octanol–water partition coefficient (Wildman–Crippen LogP) is 1.12. The van der Waals surface area contributed by atoms with Gasteiger partial charge in [0.2, 0.25) is 0 Å². The number of para-hydroxylation sites is 1. The number of rotatable bonds is 0. The summed E-state index contributed by atoms with van der Waals surface area (Å²) in [5.74, 6) is 0. The normalized spacial score (nSPS) is 10.4. The zero-order valence-electron chi connectivity index (χ0n) is 5.13. The molecule has 0 aliphatic rings. The van der Waals surface area contributed by atoms with Crippen LogP contribution in [0.2, 0.25) is 0 Å². The Labute approximate surface area is 56.2 Å². The average molecular weight is 135 g/mol. The number of hydrogen-bond acceptors (Lipinski definition) is 2. The molecule has 50 valence electrons. The highest BCUT2D eigenvalue weighted by Gasteiger charge is 1.97. The van der Waals surface area contributed by atoms with Gasteiger partial charge < -0.3 is 4.52 Å². The summed E-state index contributed by atoms with van der Waals surface area (Å²) in [5.41, 5.74) is 0.433. The Morgan fingerprint density at radius 1 is 1.30 bits per heavy atom. The summed E-state index contributed by atoms with van der Waals surface area (Å²) in [6, 6.07) is 7.15. The monoisotopic (exact) mass is 135 g/mol. The molecule has 0 spiro atoms. The lowest BCUT2D eigenvalue weighted by Crippen LogP contribution is -1.89. The van der Waals surface area contributed by atoms with Gasteiger partial charge in [-0.2, -0.15) is 0 Å². The lowest BCUT2D eigenvalue weighted by Gasteiger charge is -1.79. The van der Waals surface area contributed by atoms with Crippen LogP contribution in [0.3, 0.4) is 0 Å². The number of H-pyrrole nitrogens is 1. The van der Waals surface area contributed by atoms with Gasteiger partial charge in [-0.15, -0.1) is 0 Å². The van der Waals surface area contributed by atoms with Crippen LogP contribution in [0.5, 0.6) is 0 Å². The molecular weight excluding hydrogens is 130 g/mol. The van der Waals surface area contributed by atoms with Gasteiger partial charge in [0.25, 0.3) is 0 Å². The molecule has 0 aliphatic carbocycles. The number of fused-ring (bicyclic) bond motifs is 1. The molecule has 0 aliphatic heterocycles. The molecule has 0 saturated heterocycles. The summed E-state index contributed by atoms with van der Waals surface area (Å²) >= 11 is 0. The fourth-order valence-electron chi connectivity index (χ4n) is 0.906. The highest BCUT2D eigenvalue weighted by molar-refractivity contribution is 5.76. The van der Waals surface area contributed by atoms with Crippen LogP contribution in [-0.4, -0.2) is 5.16 Å². The highest BCUT2D eigenvalue weighted by atomic mass is 16.5. The minimum absolute atomic E-state index is 0.310. The molecule has 0 unspecified atom stereocenters. The molecule has 3 nitrogen and oxygen atoms in total. The van der Waals surface area contributed by atoms with Gasteiger partial charge in [-0.05, 0) is 12.1 Å². The quantitative estimate of drug-likeness (QED) is 0.588. The Morgan fingerprint density at radius 3 is 2.90 bits per heavy atom. The average Bonchev–Trinajstić information content (AvgIpc) is 2.34. The van der Waals surface area contributed by atoms with Gasteiger partial charge >= 0.3 is 5.63 Å². The van der Waals surface area contributed by atoms with E-state index in [1.165, 1.54) is 0 Å². The number of aromatic nitrogens is 1. The molecule has 2 rings (SSSR count). The van der Waals surface area contributed by atoms with Gasteiger partial charge in [-0.25, -0.2) is 9.95 Å². The van der Waals surface area contributed by atoms with Crippen molar-refractivity contribution in [2.24, 2.45) is 0 Å². The van der Waals surface area contributed by atoms with Crippen molar-refractivity contribution in [3.8, 4) is 0 Å². The molecule has 0 radical (unpaired) electrons. The van der Waals surface area contributed by atoms with Crippen molar-refractivity contribution in [3.05, 3.63) is 34.7 Å². The first-order valence-corrected chi connectivity index (χ1v) is 2.94. The van der Waals surface area contributed by atoms with E-state index in [0.717, 1.165) is 5.52 Å². The minimum atomic E-state index is -0.310. The maximum absolute atomic E-state index is 10.8. The maximum atomic E-state index is 10.8. The number of benzene rings is 1. The first-order valence-electron chi connectivity index (χ1n) is 2.94. The van der Waals surface area contributed by atoms with E-state index in [2.05, 4.69) is 9.68 Å². The SMILES string of the molecule is O=c1o[nH]c2ccccc12. The molecule has 0 bridgehead atoms. The molecule has 1 heterocycles. The van der Waals surface area contributed by atoms with Crippen molar-refractivity contribution in [2.45, 2.75) is 0 Å². The zero-order valence-corrected chi connectivity index (χ0v) is 5.13. The van der Waals surface area contributed by atoms with Crippen molar-refractivity contribution in [1.82, 2.24) is 5.16 Å². The summed E-state index contributed by atoms with van der Waals surface area (Å²) < 4.78 is 4.53. The number of hydrogen-bond donors (Lipinski definition) is 1. The second kappa shape index (κ2) is 1.73. The van der Waals surface area contributed by atoms with Gasteiger partial charge in [0.1, 0.15) is 0 Å². The molecule has 3 heteroatoms. The summed E-state index contributed by atoms with van der Waals surface area (Å²) in [5, 5.41) is 3.10. The third-order valence-electron chi connectivity index (χ3n) is 1.40. The highest BCUT2D eigenvalue weighted by Crippen LogP contribution is 2.04. The van der Waals surface area contributed by atoms with E-state index in [1.807, 2.05) is 6.07 Å². The molecule has 1 aromatic carbocycles. The van der Waals surface area contributed by atoms with Crippen LogP contribution in [0.4, 0.5) is 0 Å². The van der Waals surface area contributed by atoms with Crippen molar-refractivity contribution in [3.63, 3.8) is 0 Å². The van der Waals surface area contributed by atoms with E-state index in [4.69, 9.17) is 0 Å². The lowest BCUT2D eigenvalue weighted by molar-refractivity contribution is 0.400. The van der Waals surface area contributed by atoms with E-state index in [1.54, 1.807) is 18.2 Å². The molecule has 0 fully saturated rings. The van der Waals surface area contributed by atoms with Crippen molar-refractivity contribution >= 4 is 10.9 Å². The first kappa shape index (κ1) is 5.29. The van der Waals surface area contributed by atoms with Crippen LogP contribution >= 0.6 is 0 Å². The van der Waals surface area contributed by atoms with Gasteiger partial charge in [0.05, 0.1) is 10.9 Å². The second-order valence-electron chi connectivity index (χ2n) is 2.04. The van der Waals surface area contributed by atoms with Crippen molar-refractivity contribution < 1.29 is 4.52 Å². The van der Waals surface area contributed by atoms with Gasteiger partial charge in [-0.3, -0.25) is 0 Å². The van der Waals surface area contributed by atoms with Gasteiger partial charge in [-0.1, -0.05) is 12.1 Å². The van der Waals surface area contributed by atoms with Gasteiger partial charge in [0.15, 0.2) is 0 Å².